The lowest BCUT2D eigenvalue weighted by Crippen LogP contribution is -2.57. The molecule has 1 aliphatic carbocycles. The first-order valence-corrected chi connectivity index (χ1v) is 9.46. The van der Waals surface area contributed by atoms with Crippen LogP contribution in [0.4, 0.5) is 0 Å². The third-order valence-corrected chi connectivity index (χ3v) is 5.95. The van der Waals surface area contributed by atoms with Crippen LogP contribution in [0.1, 0.15) is 35.3 Å². The quantitative estimate of drug-likeness (QED) is 0.901. The summed E-state index contributed by atoms with van der Waals surface area (Å²) in [6, 6.07) is 11.3. The molecule has 0 spiro atoms. The number of halogens is 1. The number of piperazine rings is 1. The number of benzene rings is 1. The van der Waals surface area contributed by atoms with Crippen molar-refractivity contribution in [1.82, 2.24) is 14.8 Å². The van der Waals surface area contributed by atoms with Gasteiger partial charge in [0.25, 0.3) is 5.91 Å². The highest BCUT2D eigenvalue weighted by Crippen LogP contribution is 2.45. The van der Waals surface area contributed by atoms with Gasteiger partial charge >= 0.3 is 0 Å². The van der Waals surface area contributed by atoms with Crippen LogP contribution in [0.2, 0.25) is 5.02 Å². The Kier molecular flexibility index (Phi) is 4.49. The number of nitrogens with zero attached hydrogens (tertiary/aromatic N) is 2. The highest BCUT2D eigenvalue weighted by Gasteiger charge is 2.48. The van der Waals surface area contributed by atoms with Crippen molar-refractivity contribution in [3.05, 3.63) is 58.9 Å². The minimum absolute atomic E-state index is 0.00171. The summed E-state index contributed by atoms with van der Waals surface area (Å²) in [4.78, 5) is 32.4. The smallest absolute Gasteiger partial charge is 0.270 e. The average Bonchev–Trinajstić information content (AvgIpc) is 3.16. The van der Waals surface area contributed by atoms with E-state index >= 15 is 0 Å². The minimum atomic E-state index is -0.407. The fraction of sp³-hybridized carbons (Fsp3) is 0.400. The molecule has 6 heteroatoms. The molecule has 4 rings (SSSR count). The van der Waals surface area contributed by atoms with Crippen molar-refractivity contribution in [2.45, 2.75) is 24.7 Å². The van der Waals surface area contributed by atoms with E-state index in [-0.39, 0.29) is 11.8 Å². The van der Waals surface area contributed by atoms with Gasteiger partial charge in [0.15, 0.2) is 0 Å². The van der Waals surface area contributed by atoms with Gasteiger partial charge in [-0.3, -0.25) is 9.59 Å². The maximum Gasteiger partial charge on any atom is 0.270 e. The molecular weight excluding hydrogens is 350 g/mol. The number of carbonyl (C=O) groups is 2. The molecule has 2 amide bonds. The summed E-state index contributed by atoms with van der Waals surface area (Å²) in [7, 11) is 0. The number of carbonyl (C=O) groups excluding carboxylic acids is 2. The maximum atomic E-state index is 13.3. The van der Waals surface area contributed by atoms with Gasteiger partial charge < -0.3 is 14.8 Å². The van der Waals surface area contributed by atoms with E-state index in [1.165, 1.54) is 0 Å². The summed E-state index contributed by atoms with van der Waals surface area (Å²) in [5.41, 5.74) is 1.25. The average molecular weight is 372 g/mol. The number of aromatic nitrogens is 1. The summed E-state index contributed by atoms with van der Waals surface area (Å²) in [5, 5.41) is 0.687. The molecule has 5 nitrogen and oxygen atoms in total. The Morgan fingerprint density at radius 3 is 2.15 bits per heavy atom. The number of hydrogen-bond acceptors (Lipinski definition) is 2. The molecule has 1 aromatic carbocycles. The van der Waals surface area contributed by atoms with E-state index < -0.39 is 5.41 Å². The Morgan fingerprint density at radius 1 is 0.962 bits per heavy atom. The summed E-state index contributed by atoms with van der Waals surface area (Å²) >= 11 is 6.00. The number of rotatable bonds is 3. The van der Waals surface area contributed by atoms with E-state index in [1.54, 1.807) is 12.3 Å². The fourth-order valence-corrected chi connectivity index (χ4v) is 4.10. The highest BCUT2D eigenvalue weighted by atomic mass is 35.5. The summed E-state index contributed by atoms with van der Waals surface area (Å²) < 4.78 is 0. The molecule has 2 heterocycles. The lowest BCUT2D eigenvalue weighted by Gasteiger charge is -2.46. The SMILES string of the molecule is O=C(c1ccc[nH]1)N1CCN(C(=O)C2(c3ccc(Cl)cc3)CCC2)CC1. The van der Waals surface area contributed by atoms with E-state index in [9.17, 15) is 9.59 Å². The van der Waals surface area contributed by atoms with Crippen LogP contribution >= 0.6 is 11.6 Å². The summed E-state index contributed by atoms with van der Waals surface area (Å²) in [6.45, 7) is 2.31. The first-order valence-electron chi connectivity index (χ1n) is 9.08. The van der Waals surface area contributed by atoms with Crippen molar-refractivity contribution in [3.63, 3.8) is 0 Å². The Morgan fingerprint density at radius 2 is 1.62 bits per heavy atom. The Bertz CT molecular complexity index is 789. The molecule has 0 bridgehead atoms. The molecule has 2 aliphatic rings. The molecule has 26 heavy (non-hydrogen) atoms. The second kappa shape index (κ2) is 6.80. The molecule has 0 radical (unpaired) electrons. The van der Waals surface area contributed by atoms with Gasteiger partial charge in [-0.05, 0) is 42.7 Å². The third kappa shape index (κ3) is 2.90. The van der Waals surface area contributed by atoms with Crippen LogP contribution in [0.3, 0.4) is 0 Å². The zero-order valence-corrected chi connectivity index (χ0v) is 15.3. The lowest BCUT2D eigenvalue weighted by molar-refractivity contribution is -0.142. The van der Waals surface area contributed by atoms with E-state index in [0.29, 0.717) is 36.9 Å². The zero-order valence-electron chi connectivity index (χ0n) is 14.6. The predicted octanol–water partition coefficient (Wildman–Crippen LogP) is 3.07. The molecule has 1 aromatic heterocycles. The van der Waals surface area contributed by atoms with Crippen molar-refractivity contribution in [2.24, 2.45) is 0 Å². The van der Waals surface area contributed by atoms with Crippen LogP contribution < -0.4 is 0 Å². The van der Waals surface area contributed by atoms with E-state index in [2.05, 4.69) is 4.98 Å². The van der Waals surface area contributed by atoms with Gasteiger partial charge in [-0.25, -0.2) is 0 Å². The first-order chi connectivity index (χ1) is 12.6. The number of hydrogen-bond donors (Lipinski definition) is 1. The monoisotopic (exact) mass is 371 g/mol. The largest absolute Gasteiger partial charge is 0.357 e. The first kappa shape index (κ1) is 17.2. The second-order valence-corrected chi connectivity index (χ2v) is 7.55. The van der Waals surface area contributed by atoms with Crippen molar-refractivity contribution in [3.8, 4) is 0 Å². The van der Waals surface area contributed by atoms with Crippen molar-refractivity contribution < 1.29 is 9.59 Å². The van der Waals surface area contributed by atoms with Crippen LogP contribution in [0, 0.1) is 0 Å². The van der Waals surface area contributed by atoms with Gasteiger partial charge in [0, 0.05) is 37.4 Å². The number of amides is 2. The third-order valence-electron chi connectivity index (χ3n) is 5.70. The lowest BCUT2D eigenvalue weighted by atomic mass is 9.63. The molecule has 1 N–H and O–H groups in total. The standard InChI is InChI=1S/C20H22ClN3O2/c21-16-6-4-15(5-7-16)20(8-2-9-20)19(26)24-13-11-23(12-14-24)18(25)17-3-1-10-22-17/h1,3-7,10,22H,2,8-9,11-14H2. The maximum absolute atomic E-state index is 13.3. The van der Waals surface area contributed by atoms with E-state index in [1.807, 2.05) is 40.1 Å². The number of H-pyrrole nitrogens is 1. The van der Waals surface area contributed by atoms with Crippen molar-refractivity contribution in [2.75, 3.05) is 26.2 Å². The highest BCUT2D eigenvalue weighted by molar-refractivity contribution is 6.30. The van der Waals surface area contributed by atoms with Gasteiger partial charge in [0.2, 0.25) is 5.91 Å². The van der Waals surface area contributed by atoms with Gasteiger partial charge in [-0.15, -0.1) is 0 Å². The van der Waals surface area contributed by atoms with Gasteiger partial charge in [0.05, 0.1) is 5.41 Å². The Labute approximate surface area is 157 Å². The van der Waals surface area contributed by atoms with Crippen LogP contribution in [0.5, 0.6) is 0 Å². The van der Waals surface area contributed by atoms with Crippen LogP contribution in [0.25, 0.3) is 0 Å². The molecule has 1 aliphatic heterocycles. The van der Waals surface area contributed by atoms with Crippen molar-refractivity contribution in [1.29, 1.82) is 0 Å². The topological polar surface area (TPSA) is 56.4 Å². The van der Waals surface area contributed by atoms with Gasteiger partial charge in [-0.1, -0.05) is 30.2 Å². The minimum Gasteiger partial charge on any atom is -0.357 e. The van der Waals surface area contributed by atoms with Crippen LogP contribution in [-0.2, 0) is 10.2 Å². The predicted molar refractivity (Wildman–Crippen MR) is 100 cm³/mol. The van der Waals surface area contributed by atoms with Gasteiger partial charge in [0.1, 0.15) is 5.69 Å². The molecule has 1 saturated heterocycles. The zero-order chi connectivity index (χ0) is 18.1. The summed E-state index contributed by atoms with van der Waals surface area (Å²) in [6.07, 6.45) is 4.59. The van der Waals surface area contributed by atoms with Crippen LogP contribution in [0.15, 0.2) is 42.6 Å². The van der Waals surface area contributed by atoms with E-state index in [4.69, 9.17) is 11.6 Å². The Balaban J connectivity index is 1.44. The number of aromatic amines is 1. The van der Waals surface area contributed by atoms with Crippen LogP contribution in [-0.4, -0.2) is 52.8 Å². The van der Waals surface area contributed by atoms with Gasteiger partial charge in [-0.2, -0.15) is 0 Å². The number of nitrogens with one attached hydrogen (secondary N) is 1. The molecular formula is C20H22ClN3O2. The fourth-order valence-electron chi connectivity index (χ4n) is 3.97. The molecule has 2 aromatic rings. The molecule has 0 unspecified atom stereocenters. The van der Waals surface area contributed by atoms with E-state index in [0.717, 1.165) is 24.8 Å². The van der Waals surface area contributed by atoms with Crippen molar-refractivity contribution >= 4 is 23.4 Å². The molecule has 136 valence electrons. The summed E-state index contributed by atoms with van der Waals surface area (Å²) in [5.74, 6) is 0.191. The molecule has 1 saturated carbocycles. The molecule has 0 atom stereocenters. The second-order valence-electron chi connectivity index (χ2n) is 7.11. The Hall–Kier alpha value is -2.27. The normalized spacial score (nSPS) is 19.1. The molecule has 2 fully saturated rings.